The van der Waals surface area contributed by atoms with Crippen molar-refractivity contribution >= 4 is 29.2 Å². The van der Waals surface area contributed by atoms with Crippen molar-refractivity contribution in [1.82, 2.24) is 10.4 Å². The maximum atomic E-state index is 15.0. The Morgan fingerprint density at radius 2 is 1.86 bits per heavy atom. The van der Waals surface area contributed by atoms with Crippen LogP contribution in [0.1, 0.15) is 19.3 Å². The predicted octanol–water partition coefficient (Wildman–Crippen LogP) is 2.43. The van der Waals surface area contributed by atoms with Crippen molar-refractivity contribution in [2.45, 2.75) is 31.8 Å². The molecule has 2 aliphatic rings. The zero-order chi connectivity index (χ0) is 26.2. The average molecular weight is 522 g/mol. The number of halogens is 5. The molecule has 0 saturated carbocycles. The number of nitrogens with zero attached hydrogens (tertiary/aromatic N) is 3. The quantitative estimate of drug-likeness (QED) is 0.353. The first-order valence-corrected chi connectivity index (χ1v) is 11.4. The van der Waals surface area contributed by atoms with Crippen LogP contribution in [-0.2, 0) is 19.2 Å². The summed E-state index contributed by atoms with van der Waals surface area (Å²) in [5, 5.41) is 3.87. The maximum absolute atomic E-state index is 15.0. The largest absolute Gasteiger partial charge is 0.444 e. The third-order valence-electron chi connectivity index (χ3n) is 5.68. The van der Waals surface area contributed by atoms with E-state index in [-0.39, 0.29) is 63.5 Å². The summed E-state index contributed by atoms with van der Waals surface area (Å²) < 4.78 is 71.9. The van der Waals surface area contributed by atoms with Gasteiger partial charge in [0.05, 0.1) is 38.6 Å². The van der Waals surface area contributed by atoms with E-state index in [0.29, 0.717) is 6.54 Å². The van der Waals surface area contributed by atoms with Crippen LogP contribution in [0, 0.1) is 11.6 Å². The Balaban J connectivity index is 1.61. The lowest BCUT2D eigenvalue weighted by molar-refractivity contribution is -0.180. The molecule has 14 heteroatoms. The molecule has 0 unspecified atom stereocenters. The van der Waals surface area contributed by atoms with Crippen LogP contribution >= 0.6 is 0 Å². The average Bonchev–Trinajstić information content (AvgIpc) is 3.04. The number of hydrogen-bond acceptors (Lipinski definition) is 7. The van der Waals surface area contributed by atoms with Crippen LogP contribution in [-0.4, -0.2) is 87.9 Å². The van der Waals surface area contributed by atoms with Crippen molar-refractivity contribution in [3.63, 3.8) is 0 Å². The molecule has 1 aromatic rings. The summed E-state index contributed by atoms with van der Waals surface area (Å²) in [6.45, 7) is -0.246. The van der Waals surface area contributed by atoms with E-state index < -0.39 is 55.0 Å². The number of hydroxylamine groups is 2. The molecule has 2 aliphatic heterocycles. The second-order valence-corrected chi connectivity index (χ2v) is 8.22. The number of benzene rings is 1. The van der Waals surface area contributed by atoms with E-state index >= 15 is 0 Å². The van der Waals surface area contributed by atoms with E-state index in [0.717, 1.165) is 22.1 Å². The number of amides is 2. The minimum absolute atomic E-state index is 0.0195. The maximum Gasteiger partial charge on any atom is 0.414 e. The molecule has 2 heterocycles. The van der Waals surface area contributed by atoms with Gasteiger partial charge in [0.1, 0.15) is 11.8 Å². The first-order chi connectivity index (χ1) is 17.2. The lowest BCUT2D eigenvalue weighted by Gasteiger charge is -2.24. The highest BCUT2D eigenvalue weighted by Gasteiger charge is 2.34. The first kappa shape index (κ1) is 27.6. The Bertz CT molecular complexity index is 930. The second-order valence-electron chi connectivity index (χ2n) is 8.22. The third kappa shape index (κ3) is 7.03. The molecule has 36 heavy (non-hydrogen) atoms. The van der Waals surface area contributed by atoms with Gasteiger partial charge in [-0.3, -0.25) is 23.7 Å². The summed E-state index contributed by atoms with van der Waals surface area (Å²) in [4.78, 5) is 43.2. The molecule has 1 N–H and O–H groups in total. The van der Waals surface area contributed by atoms with Gasteiger partial charge in [0.15, 0.2) is 17.4 Å². The van der Waals surface area contributed by atoms with Gasteiger partial charge in [0, 0.05) is 31.6 Å². The highest BCUT2D eigenvalue weighted by atomic mass is 19.3. The summed E-state index contributed by atoms with van der Waals surface area (Å²) in [5.74, 6) is -3.59. The van der Waals surface area contributed by atoms with Crippen LogP contribution < -0.4 is 15.1 Å². The molecular weight excluding hydrogens is 495 g/mol. The summed E-state index contributed by atoms with van der Waals surface area (Å²) in [7, 11) is 0. The minimum atomic E-state index is -3.12. The number of hydrogen-bond donors (Lipinski definition) is 1. The van der Waals surface area contributed by atoms with Gasteiger partial charge in [-0.05, 0) is 19.4 Å². The van der Waals surface area contributed by atoms with Crippen LogP contribution in [0.4, 0.5) is 38.1 Å². The van der Waals surface area contributed by atoms with Crippen LogP contribution in [0.25, 0.3) is 0 Å². The number of Topliss-reactive ketones (excluding diaryl/α,β-unsaturated/α-hetero) is 1. The molecule has 2 amide bonds. The van der Waals surface area contributed by atoms with Crippen molar-refractivity contribution in [3.05, 3.63) is 23.8 Å². The predicted molar refractivity (Wildman–Crippen MR) is 118 cm³/mol. The molecule has 1 atom stereocenters. The number of alkyl halides is 3. The number of carbonyl (C=O) groups is 3. The fourth-order valence-electron chi connectivity index (χ4n) is 3.85. The van der Waals surface area contributed by atoms with Gasteiger partial charge in [-0.2, -0.15) is 0 Å². The van der Waals surface area contributed by atoms with Gasteiger partial charge < -0.3 is 15.0 Å². The van der Waals surface area contributed by atoms with Gasteiger partial charge in [-0.1, -0.05) is 0 Å². The fraction of sp³-hybridized carbons (Fsp3) is 0.591. The van der Waals surface area contributed by atoms with Crippen molar-refractivity contribution in [2.24, 2.45) is 0 Å². The highest BCUT2D eigenvalue weighted by molar-refractivity contribution is 5.90. The van der Waals surface area contributed by atoms with Crippen LogP contribution in [0.3, 0.4) is 0 Å². The summed E-state index contributed by atoms with van der Waals surface area (Å²) in [5.41, 5.74) is -0.479. The molecule has 200 valence electrons. The number of carbonyl (C=O) groups excluding carboxylic acids is 3. The monoisotopic (exact) mass is 522 g/mol. The molecule has 1 aromatic carbocycles. The summed E-state index contributed by atoms with van der Waals surface area (Å²) >= 11 is 0. The standard InChI is InChI=1S/C22H27F5N4O5/c23-4-1-5-28-12-19(33)31-7-6-29(8-9-35-31)20-16(24)10-14(11-17(20)25)30-13-15(36-22(30)34)2-3-18(32)21(26)27/h10-11,15,21,28H,1-9,12-13H2/t15-/m0/s1. The van der Waals surface area contributed by atoms with Crippen molar-refractivity contribution in [3.8, 4) is 0 Å². The number of cyclic esters (lactones) is 1. The summed E-state index contributed by atoms with van der Waals surface area (Å²) in [6.07, 6.45) is -5.26. The van der Waals surface area contributed by atoms with Crippen molar-refractivity contribution in [2.75, 3.05) is 62.3 Å². The van der Waals surface area contributed by atoms with Gasteiger partial charge in [0.25, 0.3) is 12.3 Å². The molecular formula is C22H27F5N4O5. The van der Waals surface area contributed by atoms with E-state index in [4.69, 9.17) is 9.57 Å². The minimum Gasteiger partial charge on any atom is -0.444 e. The topological polar surface area (TPSA) is 91.4 Å². The molecule has 0 spiro atoms. The van der Waals surface area contributed by atoms with Gasteiger partial charge in [-0.15, -0.1) is 0 Å². The highest BCUT2D eigenvalue weighted by Crippen LogP contribution is 2.32. The van der Waals surface area contributed by atoms with E-state index in [9.17, 15) is 36.3 Å². The van der Waals surface area contributed by atoms with E-state index in [1.807, 2.05) is 0 Å². The van der Waals surface area contributed by atoms with Gasteiger partial charge in [0.2, 0.25) is 0 Å². The molecule has 0 aliphatic carbocycles. The number of ether oxygens (including phenoxy) is 1. The number of nitrogens with one attached hydrogen (secondary N) is 1. The smallest absolute Gasteiger partial charge is 0.414 e. The van der Waals surface area contributed by atoms with Crippen molar-refractivity contribution in [1.29, 1.82) is 0 Å². The fourth-order valence-corrected chi connectivity index (χ4v) is 3.85. The molecule has 2 fully saturated rings. The third-order valence-corrected chi connectivity index (χ3v) is 5.68. The zero-order valence-electron chi connectivity index (χ0n) is 19.4. The normalized spacial score (nSPS) is 18.6. The Hall–Kier alpha value is -3.00. The number of ketones is 1. The van der Waals surface area contributed by atoms with E-state index in [1.165, 1.54) is 4.90 Å². The summed E-state index contributed by atoms with van der Waals surface area (Å²) in [6, 6.07) is 1.91. The molecule has 3 rings (SSSR count). The van der Waals surface area contributed by atoms with Gasteiger partial charge in [-0.25, -0.2) is 27.4 Å². The van der Waals surface area contributed by atoms with Crippen LogP contribution in [0.2, 0.25) is 0 Å². The van der Waals surface area contributed by atoms with E-state index in [1.54, 1.807) is 0 Å². The second kappa shape index (κ2) is 12.8. The molecule has 9 nitrogen and oxygen atoms in total. The SMILES string of the molecule is O=C(CC[C@H]1CN(c2cc(F)c(N3CCON(C(=O)CNCCCF)CC3)c(F)c2)C(=O)O1)C(F)F. The van der Waals surface area contributed by atoms with Crippen LogP contribution in [0.15, 0.2) is 12.1 Å². The van der Waals surface area contributed by atoms with E-state index in [2.05, 4.69) is 5.32 Å². The number of anilines is 2. The number of rotatable bonds is 11. The molecule has 0 aromatic heterocycles. The van der Waals surface area contributed by atoms with Crippen LogP contribution in [0.5, 0.6) is 0 Å². The molecule has 0 radical (unpaired) electrons. The van der Waals surface area contributed by atoms with Gasteiger partial charge >= 0.3 is 6.09 Å². The lowest BCUT2D eigenvalue weighted by atomic mass is 10.1. The Kier molecular flexibility index (Phi) is 9.81. The molecule has 0 bridgehead atoms. The zero-order valence-corrected chi connectivity index (χ0v) is 19.4. The van der Waals surface area contributed by atoms with Crippen molar-refractivity contribution < 1.29 is 45.9 Å². The Morgan fingerprint density at radius 3 is 2.53 bits per heavy atom. The Morgan fingerprint density at radius 1 is 1.14 bits per heavy atom. The Labute approximate surface area is 204 Å². The molecule has 2 saturated heterocycles. The first-order valence-electron chi connectivity index (χ1n) is 11.4. The lowest BCUT2D eigenvalue weighted by Crippen LogP contribution is -2.40.